The molecule has 7 heteroatoms. The molecule has 4 atom stereocenters. The van der Waals surface area contributed by atoms with Crippen LogP contribution in [-0.4, -0.2) is 42.9 Å². The molecule has 0 spiro atoms. The van der Waals surface area contributed by atoms with E-state index in [9.17, 15) is 9.59 Å². The summed E-state index contributed by atoms with van der Waals surface area (Å²) in [5.74, 6) is 0.0923. The second-order valence-electron chi connectivity index (χ2n) is 7.24. The summed E-state index contributed by atoms with van der Waals surface area (Å²) in [5, 5.41) is 3.12. The molecule has 0 radical (unpaired) electrons. The number of hydrogen-bond donors (Lipinski definition) is 1. The maximum Gasteiger partial charge on any atom is 0.419 e. The Labute approximate surface area is 151 Å². The van der Waals surface area contributed by atoms with Crippen LogP contribution in [0.5, 0.6) is 0 Å². The molecule has 2 aliphatic rings. The van der Waals surface area contributed by atoms with Crippen LogP contribution in [0, 0.1) is 18.8 Å². The van der Waals surface area contributed by atoms with E-state index in [1.807, 2.05) is 19.1 Å². The van der Waals surface area contributed by atoms with Crippen LogP contribution in [0.4, 0.5) is 0 Å². The van der Waals surface area contributed by atoms with E-state index in [2.05, 4.69) is 5.32 Å². The number of methoxy groups -OCH3 is 1. The number of ether oxygens (including phenoxy) is 2. The Morgan fingerprint density at radius 2 is 2.27 bits per heavy atom. The Balaban J connectivity index is 1.41. The van der Waals surface area contributed by atoms with E-state index in [0.29, 0.717) is 24.7 Å². The molecule has 2 heterocycles. The third-order valence-electron chi connectivity index (χ3n) is 5.60. The minimum atomic E-state index is -0.427. The first-order valence-corrected chi connectivity index (χ1v) is 9.08. The number of carbonyl (C=O) groups is 1. The van der Waals surface area contributed by atoms with E-state index < -0.39 is 5.76 Å². The van der Waals surface area contributed by atoms with Crippen molar-refractivity contribution in [2.45, 2.75) is 38.5 Å². The van der Waals surface area contributed by atoms with Crippen molar-refractivity contribution in [3.8, 4) is 0 Å². The van der Waals surface area contributed by atoms with Gasteiger partial charge in [0, 0.05) is 44.6 Å². The number of hydrogen-bond acceptors (Lipinski definition) is 5. The molecule has 1 aromatic carbocycles. The standard InChI is InChI=1S/C19H24N2O5/c1-11-3-4-15-14(9-11)21(19(23)26-15)7-5-16(22)20-17-12-6-8-25-18(12)13(17)10-24-2/h3-4,9,12-13,17-18H,5-8,10H2,1-2H3,(H,20,22)/t12-,13-,17-,18-/m1/s1. The normalized spacial score (nSPS) is 27.3. The molecule has 1 aliphatic heterocycles. The number of nitrogens with zero attached hydrogens (tertiary/aromatic N) is 1. The minimum absolute atomic E-state index is 0.0599. The topological polar surface area (TPSA) is 82.7 Å². The summed E-state index contributed by atoms with van der Waals surface area (Å²) in [7, 11) is 1.67. The average Bonchev–Trinajstić information content (AvgIpc) is 3.17. The van der Waals surface area contributed by atoms with Crippen molar-refractivity contribution < 1.29 is 18.7 Å². The molecular formula is C19H24N2O5. The third kappa shape index (κ3) is 2.95. The molecule has 1 amide bonds. The van der Waals surface area contributed by atoms with Crippen LogP contribution in [-0.2, 0) is 20.8 Å². The second-order valence-corrected chi connectivity index (χ2v) is 7.24. The van der Waals surface area contributed by atoms with E-state index in [-0.39, 0.29) is 30.4 Å². The molecule has 1 saturated heterocycles. The summed E-state index contributed by atoms with van der Waals surface area (Å²) in [6.07, 6.45) is 1.40. The molecule has 2 fully saturated rings. The average molecular weight is 360 g/mol. The van der Waals surface area contributed by atoms with Crippen molar-refractivity contribution in [2.24, 2.45) is 11.8 Å². The number of aryl methyl sites for hydroxylation is 2. The Kier molecular flexibility index (Phi) is 4.58. The first-order valence-electron chi connectivity index (χ1n) is 9.08. The van der Waals surface area contributed by atoms with Gasteiger partial charge in [0.2, 0.25) is 5.91 Å². The van der Waals surface area contributed by atoms with Gasteiger partial charge in [-0.2, -0.15) is 0 Å². The molecule has 0 bridgehead atoms. The highest BCUT2D eigenvalue weighted by Gasteiger charge is 2.54. The zero-order chi connectivity index (χ0) is 18.3. The van der Waals surface area contributed by atoms with Crippen molar-refractivity contribution in [1.82, 2.24) is 9.88 Å². The van der Waals surface area contributed by atoms with E-state index in [0.717, 1.165) is 24.1 Å². The largest absolute Gasteiger partial charge is 0.419 e. The number of fused-ring (bicyclic) bond motifs is 2. The molecule has 7 nitrogen and oxygen atoms in total. The summed E-state index contributed by atoms with van der Waals surface area (Å²) >= 11 is 0. The zero-order valence-corrected chi connectivity index (χ0v) is 15.1. The van der Waals surface area contributed by atoms with Crippen LogP contribution in [0.15, 0.2) is 27.4 Å². The van der Waals surface area contributed by atoms with Crippen LogP contribution in [0.3, 0.4) is 0 Å². The number of benzene rings is 1. The second kappa shape index (κ2) is 6.89. The molecule has 4 rings (SSSR count). The number of nitrogens with one attached hydrogen (secondary N) is 1. The number of carbonyl (C=O) groups excluding carboxylic acids is 1. The van der Waals surface area contributed by atoms with Gasteiger partial charge in [-0.05, 0) is 31.0 Å². The van der Waals surface area contributed by atoms with Crippen LogP contribution < -0.4 is 11.1 Å². The highest BCUT2D eigenvalue weighted by atomic mass is 16.5. The van der Waals surface area contributed by atoms with E-state index in [1.54, 1.807) is 13.2 Å². The van der Waals surface area contributed by atoms with Gasteiger partial charge in [-0.3, -0.25) is 9.36 Å². The van der Waals surface area contributed by atoms with Crippen LogP contribution in [0.2, 0.25) is 0 Å². The Morgan fingerprint density at radius 1 is 1.42 bits per heavy atom. The summed E-state index contributed by atoms with van der Waals surface area (Å²) in [6.45, 7) is 3.59. The van der Waals surface area contributed by atoms with Gasteiger partial charge in [-0.25, -0.2) is 4.79 Å². The molecular weight excluding hydrogens is 336 g/mol. The summed E-state index contributed by atoms with van der Waals surface area (Å²) in [4.78, 5) is 24.5. The molecule has 1 N–H and O–H groups in total. The van der Waals surface area contributed by atoms with Gasteiger partial charge >= 0.3 is 5.76 Å². The molecule has 1 aromatic heterocycles. The lowest BCUT2D eigenvalue weighted by molar-refractivity contribution is -0.130. The molecule has 2 aromatic rings. The first-order chi connectivity index (χ1) is 12.6. The van der Waals surface area contributed by atoms with Gasteiger partial charge in [0.25, 0.3) is 0 Å². The lowest BCUT2D eigenvalue weighted by Crippen LogP contribution is -2.62. The Hall–Kier alpha value is -2.12. The monoisotopic (exact) mass is 360 g/mol. The van der Waals surface area contributed by atoms with Gasteiger partial charge in [0.05, 0.1) is 18.2 Å². The van der Waals surface area contributed by atoms with Crippen molar-refractivity contribution >= 4 is 17.0 Å². The fraction of sp³-hybridized carbons (Fsp3) is 0.579. The molecule has 140 valence electrons. The van der Waals surface area contributed by atoms with Gasteiger partial charge in [-0.1, -0.05) is 6.07 Å². The highest BCUT2D eigenvalue weighted by Crippen LogP contribution is 2.43. The number of rotatable bonds is 6. The summed E-state index contributed by atoms with van der Waals surface area (Å²) < 4.78 is 17.8. The van der Waals surface area contributed by atoms with E-state index >= 15 is 0 Å². The van der Waals surface area contributed by atoms with Gasteiger partial charge in [0.1, 0.15) is 0 Å². The van der Waals surface area contributed by atoms with E-state index in [4.69, 9.17) is 13.9 Å². The number of amides is 1. The van der Waals surface area contributed by atoms with Crippen LogP contribution in [0.1, 0.15) is 18.4 Å². The lowest BCUT2D eigenvalue weighted by Gasteiger charge is -2.47. The van der Waals surface area contributed by atoms with Crippen molar-refractivity contribution in [3.05, 3.63) is 34.3 Å². The van der Waals surface area contributed by atoms with Gasteiger partial charge in [0.15, 0.2) is 5.58 Å². The van der Waals surface area contributed by atoms with E-state index in [1.165, 1.54) is 4.57 Å². The van der Waals surface area contributed by atoms with Crippen molar-refractivity contribution in [1.29, 1.82) is 0 Å². The lowest BCUT2D eigenvalue weighted by atomic mass is 9.67. The fourth-order valence-electron chi connectivity index (χ4n) is 4.29. The Bertz CT molecular complexity index is 870. The van der Waals surface area contributed by atoms with Crippen molar-refractivity contribution in [3.63, 3.8) is 0 Å². The van der Waals surface area contributed by atoms with Crippen LogP contribution >= 0.6 is 0 Å². The first kappa shape index (κ1) is 17.3. The SMILES string of the molecule is COC[C@@H]1[C@H](NC(=O)CCn2c(=O)oc3ccc(C)cc32)[C@H]2CCO[C@H]21. The maximum atomic E-state index is 12.5. The van der Waals surface area contributed by atoms with Crippen LogP contribution in [0.25, 0.3) is 11.1 Å². The molecule has 1 saturated carbocycles. The van der Waals surface area contributed by atoms with Crippen molar-refractivity contribution in [2.75, 3.05) is 20.3 Å². The molecule has 0 unspecified atom stereocenters. The zero-order valence-electron chi connectivity index (χ0n) is 15.1. The highest BCUT2D eigenvalue weighted by molar-refractivity contribution is 5.77. The smallest absolute Gasteiger partial charge is 0.408 e. The quantitative estimate of drug-likeness (QED) is 0.843. The molecule has 1 aliphatic carbocycles. The van der Waals surface area contributed by atoms with Gasteiger partial charge < -0.3 is 19.2 Å². The summed E-state index contributed by atoms with van der Waals surface area (Å²) in [6, 6.07) is 5.68. The number of oxazole rings is 1. The minimum Gasteiger partial charge on any atom is -0.408 e. The Morgan fingerprint density at radius 3 is 3.08 bits per heavy atom. The molecule has 26 heavy (non-hydrogen) atoms. The predicted octanol–water partition coefficient (Wildman–Crippen LogP) is 1.46. The fourth-order valence-corrected chi connectivity index (χ4v) is 4.29. The maximum absolute atomic E-state index is 12.5. The predicted molar refractivity (Wildman–Crippen MR) is 95.0 cm³/mol. The summed E-state index contributed by atoms with van der Waals surface area (Å²) in [5.41, 5.74) is 2.32. The number of aromatic nitrogens is 1. The van der Waals surface area contributed by atoms with Gasteiger partial charge in [-0.15, -0.1) is 0 Å². The third-order valence-corrected chi connectivity index (χ3v) is 5.60.